The number of carbonyl (C=O) groups excluding carboxylic acids is 1. The number of halogens is 4. The molecule has 0 atom stereocenters. The maximum absolute atomic E-state index is 12.7. The van der Waals surface area contributed by atoms with Crippen LogP contribution in [0.1, 0.15) is 11.1 Å². The fourth-order valence-corrected chi connectivity index (χ4v) is 2.51. The van der Waals surface area contributed by atoms with Gasteiger partial charge in [-0.3, -0.25) is 4.79 Å². The molecule has 0 aromatic heterocycles. The number of hydrogen-bond donors (Lipinski definition) is 0. The molecular formula is C16H19F4NO3. The maximum atomic E-state index is 12.7. The van der Waals surface area contributed by atoms with Crippen molar-refractivity contribution in [2.24, 2.45) is 0 Å². The summed E-state index contributed by atoms with van der Waals surface area (Å²) in [4.78, 5) is 13.5. The predicted octanol–water partition coefficient (Wildman–Crippen LogP) is 2.54. The highest BCUT2D eigenvalue weighted by molar-refractivity contribution is 5.77. The van der Waals surface area contributed by atoms with Gasteiger partial charge in [0.25, 0.3) is 0 Å². The Morgan fingerprint density at radius 1 is 1.25 bits per heavy atom. The number of carbonyl (C=O) groups is 1. The fourth-order valence-electron chi connectivity index (χ4n) is 2.51. The zero-order chi connectivity index (χ0) is 17.7. The highest BCUT2D eigenvalue weighted by Gasteiger charge is 2.41. The van der Waals surface area contributed by atoms with Crippen LogP contribution < -0.4 is 4.74 Å². The molecule has 1 aromatic rings. The van der Waals surface area contributed by atoms with Gasteiger partial charge in [0, 0.05) is 13.1 Å². The van der Waals surface area contributed by atoms with Crippen LogP contribution in [-0.4, -0.2) is 56.6 Å². The molecule has 134 valence electrons. The number of amides is 1. The van der Waals surface area contributed by atoms with E-state index in [1.807, 2.05) is 18.2 Å². The molecule has 0 fully saturated rings. The van der Waals surface area contributed by atoms with Gasteiger partial charge in [0.2, 0.25) is 5.91 Å². The monoisotopic (exact) mass is 349 g/mol. The van der Waals surface area contributed by atoms with Crippen molar-refractivity contribution < 1.29 is 31.8 Å². The van der Waals surface area contributed by atoms with Gasteiger partial charge in [0.15, 0.2) is 0 Å². The zero-order valence-corrected chi connectivity index (χ0v) is 13.2. The average Bonchev–Trinajstić information content (AvgIpc) is 2.76. The van der Waals surface area contributed by atoms with Gasteiger partial charge in [-0.25, -0.2) is 8.78 Å². The van der Waals surface area contributed by atoms with Gasteiger partial charge in [0.1, 0.15) is 19.0 Å². The molecule has 4 nitrogen and oxygen atoms in total. The van der Waals surface area contributed by atoms with Gasteiger partial charge < -0.3 is 14.4 Å². The topological polar surface area (TPSA) is 38.8 Å². The number of methoxy groups -OCH3 is 1. The summed E-state index contributed by atoms with van der Waals surface area (Å²) in [5.74, 6) is -4.00. The highest BCUT2D eigenvalue weighted by atomic mass is 19.3. The Balaban J connectivity index is 1.87. The number of alkyl halides is 4. The lowest BCUT2D eigenvalue weighted by Gasteiger charge is -2.21. The Labute approximate surface area is 137 Å². The van der Waals surface area contributed by atoms with Crippen molar-refractivity contribution in [2.75, 3.05) is 33.4 Å². The molecule has 0 bridgehead atoms. The molecule has 2 rings (SSSR count). The first-order valence-electron chi connectivity index (χ1n) is 7.51. The fraction of sp³-hybridized carbons (Fsp3) is 0.562. The molecule has 0 N–H and O–H groups in total. The molecule has 1 heterocycles. The van der Waals surface area contributed by atoms with Crippen LogP contribution in [-0.2, 0) is 22.4 Å². The first kappa shape index (κ1) is 18.5. The summed E-state index contributed by atoms with van der Waals surface area (Å²) >= 11 is 0. The van der Waals surface area contributed by atoms with Crippen molar-refractivity contribution in [3.63, 3.8) is 0 Å². The third-order valence-electron chi connectivity index (χ3n) is 3.91. The normalized spacial score (nSPS) is 15.2. The lowest BCUT2D eigenvalue weighted by molar-refractivity contribution is -0.170. The third-order valence-corrected chi connectivity index (χ3v) is 3.91. The van der Waals surface area contributed by atoms with Crippen LogP contribution in [0.2, 0.25) is 0 Å². The molecular weight excluding hydrogens is 330 g/mol. The Morgan fingerprint density at radius 3 is 2.54 bits per heavy atom. The number of benzene rings is 1. The second-order valence-corrected chi connectivity index (χ2v) is 5.57. The van der Waals surface area contributed by atoms with Crippen LogP contribution in [0.4, 0.5) is 17.6 Å². The second kappa shape index (κ2) is 7.83. The first-order valence-corrected chi connectivity index (χ1v) is 7.51. The summed E-state index contributed by atoms with van der Waals surface area (Å²) in [6.07, 6.45) is -2.58. The Morgan fingerprint density at radius 2 is 1.92 bits per heavy atom. The SMILES string of the molecule is COc1ccc2c(c1)CCN(C(=O)COCC(F)(F)C(F)F)CC2. The van der Waals surface area contributed by atoms with Gasteiger partial charge in [-0.15, -0.1) is 0 Å². The minimum Gasteiger partial charge on any atom is -0.497 e. The van der Waals surface area contributed by atoms with Crippen molar-refractivity contribution >= 4 is 5.91 Å². The van der Waals surface area contributed by atoms with Gasteiger partial charge in [-0.1, -0.05) is 6.07 Å². The van der Waals surface area contributed by atoms with E-state index in [4.69, 9.17) is 4.74 Å². The number of ether oxygens (including phenoxy) is 2. The molecule has 0 aliphatic carbocycles. The van der Waals surface area contributed by atoms with E-state index in [1.54, 1.807) is 7.11 Å². The summed E-state index contributed by atoms with van der Waals surface area (Å²) < 4.78 is 59.2. The van der Waals surface area contributed by atoms with E-state index in [2.05, 4.69) is 4.74 Å². The summed E-state index contributed by atoms with van der Waals surface area (Å²) in [5, 5.41) is 0. The van der Waals surface area contributed by atoms with Crippen LogP contribution in [0.15, 0.2) is 18.2 Å². The number of nitrogens with zero attached hydrogens (tertiary/aromatic N) is 1. The van der Waals surface area contributed by atoms with Crippen LogP contribution in [0, 0.1) is 0 Å². The van der Waals surface area contributed by atoms with Crippen LogP contribution >= 0.6 is 0 Å². The first-order chi connectivity index (χ1) is 11.3. The second-order valence-electron chi connectivity index (χ2n) is 5.57. The molecule has 1 aliphatic heterocycles. The standard InChI is InChI=1S/C16H19F4NO3/c1-23-13-3-2-11-4-6-21(7-5-12(11)8-13)14(22)9-24-10-16(19,20)15(17)18/h2-3,8,15H,4-7,9-10H2,1H3. The van der Waals surface area contributed by atoms with Gasteiger partial charge in [-0.05, 0) is 36.1 Å². The van der Waals surface area contributed by atoms with Crippen molar-refractivity contribution in [3.8, 4) is 5.75 Å². The average molecular weight is 349 g/mol. The van der Waals surface area contributed by atoms with Gasteiger partial charge in [0.05, 0.1) is 7.11 Å². The molecule has 0 radical (unpaired) electrons. The van der Waals surface area contributed by atoms with E-state index < -0.39 is 31.5 Å². The van der Waals surface area contributed by atoms with E-state index in [-0.39, 0.29) is 0 Å². The third kappa shape index (κ3) is 4.59. The Hall–Kier alpha value is -1.83. The van der Waals surface area contributed by atoms with E-state index in [0.717, 1.165) is 16.9 Å². The van der Waals surface area contributed by atoms with Gasteiger partial charge >= 0.3 is 12.3 Å². The van der Waals surface area contributed by atoms with Crippen LogP contribution in [0.5, 0.6) is 5.75 Å². The van der Waals surface area contributed by atoms with Crippen molar-refractivity contribution in [1.29, 1.82) is 0 Å². The molecule has 0 spiro atoms. The maximum Gasteiger partial charge on any atom is 0.330 e. The Kier molecular flexibility index (Phi) is 6.04. The number of rotatable bonds is 6. The zero-order valence-electron chi connectivity index (χ0n) is 13.2. The molecule has 0 saturated heterocycles. The van der Waals surface area contributed by atoms with Crippen molar-refractivity contribution in [3.05, 3.63) is 29.3 Å². The molecule has 0 saturated carbocycles. The Bertz CT molecular complexity index is 580. The van der Waals surface area contributed by atoms with E-state index in [0.29, 0.717) is 25.9 Å². The summed E-state index contributed by atoms with van der Waals surface area (Å²) in [7, 11) is 1.57. The van der Waals surface area contributed by atoms with E-state index in [1.165, 1.54) is 4.90 Å². The predicted molar refractivity (Wildman–Crippen MR) is 78.8 cm³/mol. The quantitative estimate of drug-likeness (QED) is 0.741. The summed E-state index contributed by atoms with van der Waals surface area (Å²) in [6, 6.07) is 5.68. The summed E-state index contributed by atoms with van der Waals surface area (Å²) in [6.45, 7) is -1.27. The summed E-state index contributed by atoms with van der Waals surface area (Å²) in [5.41, 5.74) is 2.16. The molecule has 0 unspecified atom stereocenters. The van der Waals surface area contributed by atoms with E-state index in [9.17, 15) is 22.4 Å². The lowest BCUT2D eigenvalue weighted by Crippen LogP contribution is -2.38. The smallest absolute Gasteiger partial charge is 0.330 e. The van der Waals surface area contributed by atoms with Crippen LogP contribution in [0.25, 0.3) is 0 Å². The molecule has 1 amide bonds. The molecule has 24 heavy (non-hydrogen) atoms. The van der Waals surface area contributed by atoms with Crippen molar-refractivity contribution in [1.82, 2.24) is 4.90 Å². The molecule has 1 aliphatic rings. The molecule has 8 heteroatoms. The lowest BCUT2D eigenvalue weighted by atomic mass is 10.0. The van der Waals surface area contributed by atoms with Gasteiger partial charge in [-0.2, -0.15) is 8.78 Å². The molecule has 1 aromatic carbocycles. The van der Waals surface area contributed by atoms with Crippen LogP contribution in [0.3, 0.4) is 0 Å². The highest BCUT2D eigenvalue weighted by Crippen LogP contribution is 2.23. The number of hydrogen-bond acceptors (Lipinski definition) is 3. The van der Waals surface area contributed by atoms with Crippen molar-refractivity contribution in [2.45, 2.75) is 25.2 Å². The number of fused-ring (bicyclic) bond motifs is 1. The largest absolute Gasteiger partial charge is 0.497 e. The van der Waals surface area contributed by atoms with E-state index >= 15 is 0 Å². The minimum atomic E-state index is -4.24. The minimum absolute atomic E-state index is 0.410.